The first kappa shape index (κ1) is 34.5. The summed E-state index contributed by atoms with van der Waals surface area (Å²) < 4.78 is 0. The Hall–Kier alpha value is -7.54. The van der Waals surface area contributed by atoms with Gasteiger partial charge in [0.05, 0.1) is 0 Å². The molecule has 10 aromatic carbocycles. The summed E-state index contributed by atoms with van der Waals surface area (Å²) in [5, 5.41) is 10.2. The highest BCUT2D eigenvalue weighted by atomic mass is 14.4. The van der Waals surface area contributed by atoms with Crippen LogP contribution in [0.1, 0.15) is 28.2 Å². The fourth-order valence-corrected chi connectivity index (χ4v) is 10.1. The maximum atomic E-state index is 2.53. The maximum absolute atomic E-state index is 2.53. The topological polar surface area (TPSA) is 0 Å². The van der Waals surface area contributed by atoms with Gasteiger partial charge in [0, 0.05) is 11.8 Å². The minimum Gasteiger partial charge on any atom is -0.0755 e. The molecule has 0 aliphatic heterocycles. The summed E-state index contributed by atoms with van der Waals surface area (Å²) >= 11 is 0. The Morgan fingerprint density at radius 3 is 1.73 bits per heavy atom. The van der Waals surface area contributed by atoms with Gasteiger partial charge < -0.3 is 0 Å². The standard InChI is InChI=1S/C60H40/c1-3-13-39(14-4-1)45-29-31-52-57(34-45)55(43-26-24-42(25-27-43)54-36-47-19-9-10-20-49(47)50-21-11-12-22-51(50)54)37-59-53-32-30-46(40-15-5-2-6-16-40)35-58(53)56(38-60(52)59)48-28-23-41-17-7-8-18-44(41)33-48/h1-38,52,57H. The number of hydrogen-bond acceptors (Lipinski definition) is 0. The average molecular weight is 761 g/mol. The molecule has 0 bridgehead atoms. The average Bonchev–Trinajstić information content (AvgIpc) is 3.33. The summed E-state index contributed by atoms with van der Waals surface area (Å²) in [7, 11) is 0. The first-order valence-corrected chi connectivity index (χ1v) is 21.1. The van der Waals surface area contributed by atoms with Crippen LogP contribution in [0, 0.1) is 5.92 Å². The zero-order valence-electron chi connectivity index (χ0n) is 33.1. The lowest BCUT2D eigenvalue weighted by Gasteiger charge is -2.35. The monoisotopic (exact) mass is 760 g/mol. The van der Waals surface area contributed by atoms with Crippen LogP contribution in [0.5, 0.6) is 0 Å². The van der Waals surface area contributed by atoms with Crippen LogP contribution in [0.15, 0.2) is 224 Å². The van der Waals surface area contributed by atoms with Crippen molar-refractivity contribution in [2.24, 2.45) is 5.92 Å². The summed E-state index contributed by atoms with van der Waals surface area (Å²) in [5.74, 6) is 0.338. The minimum absolute atomic E-state index is 0.163. The maximum Gasteiger partial charge on any atom is 0.0137 e. The molecule has 2 unspecified atom stereocenters. The van der Waals surface area contributed by atoms with Crippen molar-refractivity contribution in [3.63, 3.8) is 0 Å². The Morgan fingerprint density at radius 1 is 0.317 bits per heavy atom. The summed E-state index contributed by atoms with van der Waals surface area (Å²) in [6.07, 6.45) is 9.88. The van der Waals surface area contributed by atoms with Crippen LogP contribution in [0.2, 0.25) is 0 Å². The number of allylic oxidation sites excluding steroid dienone is 5. The smallest absolute Gasteiger partial charge is 0.0137 e. The molecule has 0 saturated carbocycles. The van der Waals surface area contributed by atoms with Gasteiger partial charge in [-0.1, -0.05) is 200 Å². The lowest BCUT2D eigenvalue weighted by molar-refractivity contribution is 0.713. The SMILES string of the molecule is C1=CC2c3cc(-c4ccc5ccccc5c4)c4cc(-c5ccccc5)ccc4c3C=C(c3ccc(-c4cc5ccccc5c5ccccc45)cc3)C2C=C1c1ccccc1. The Kier molecular flexibility index (Phi) is 8.10. The van der Waals surface area contributed by atoms with Gasteiger partial charge in [-0.3, -0.25) is 0 Å². The summed E-state index contributed by atoms with van der Waals surface area (Å²) in [5.41, 5.74) is 15.3. The van der Waals surface area contributed by atoms with Gasteiger partial charge in [-0.15, -0.1) is 0 Å². The molecule has 0 saturated heterocycles. The van der Waals surface area contributed by atoms with Gasteiger partial charge in [0.2, 0.25) is 0 Å². The van der Waals surface area contributed by atoms with Gasteiger partial charge in [-0.2, -0.15) is 0 Å². The first-order chi connectivity index (χ1) is 29.7. The molecule has 12 rings (SSSR count). The van der Waals surface area contributed by atoms with Crippen molar-refractivity contribution >= 4 is 60.3 Å². The van der Waals surface area contributed by atoms with Crippen LogP contribution >= 0.6 is 0 Å². The van der Waals surface area contributed by atoms with Crippen LogP contribution in [-0.4, -0.2) is 0 Å². The second-order valence-electron chi connectivity index (χ2n) is 16.4. The van der Waals surface area contributed by atoms with Crippen molar-refractivity contribution in [1.82, 2.24) is 0 Å². The molecule has 0 fully saturated rings. The van der Waals surface area contributed by atoms with Crippen molar-refractivity contribution in [1.29, 1.82) is 0 Å². The quantitative estimate of drug-likeness (QED) is 0.153. The van der Waals surface area contributed by atoms with Crippen LogP contribution in [0.3, 0.4) is 0 Å². The van der Waals surface area contributed by atoms with E-state index in [-0.39, 0.29) is 11.8 Å². The van der Waals surface area contributed by atoms with E-state index in [0.29, 0.717) is 0 Å². The molecule has 0 radical (unpaired) electrons. The second-order valence-corrected chi connectivity index (χ2v) is 16.4. The predicted octanol–water partition coefficient (Wildman–Crippen LogP) is 16.2. The third kappa shape index (κ3) is 5.75. The van der Waals surface area contributed by atoms with Crippen LogP contribution in [0.25, 0.3) is 93.7 Å². The molecule has 280 valence electrons. The summed E-state index contributed by atoms with van der Waals surface area (Å²) in [6, 6.07) is 76.3. The fraction of sp³-hybridized carbons (Fsp3) is 0.0333. The van der Waals surface area contributed by atoms with Crippen LogP contribution in [0.4, 0.5) is 0 Å². The molecule has 0 N–H and O–H groups in total. The Labute approximate surface area is 350 Å². The zero-order chi connectivity index (χ0) is 39.6. The van der Waals surface area contributed by atoms with E-state index in [1.54, 1.807) is 0 Å². The molecular weight excluding hydrogens is 721 g/mol. The molecule has 2 atom stereocenters. The van der Waals surface area contributed by atoms with Gasteiger partial charge in [-0.25, -0.2) is 0 Å². The van der Waals surface area contributed by atoms with Gasteiger partial charge in [0.15, 0.2) is 0 Å². The Bertz CT molecular complexity index is 3400. The highest BCUT2D eigenvalue weighted by Gasteiger charge is 2.33. The van der Waals surface area contributed by atoms with E-state index in [0.717, 1.165) is 0 Å². The Balaban J connectivity index is 1.07. The lowest BCUT2D eigenvalue weighted by Crippen LogP contribution is -2.19. The van der Waals surface area contributed by atoms with Gasteiger partial charge in [-0.05, 0) is 140 Å². The zero-order valence-corrected chi connectivity index (χ0v) is 33.1. The Morgan fingerprint density at radius 2 is 0.933 bits per heavy atom. The molecule has 0 heterocycles. The second kappa shape index (κ2) is 14.1. The number of fused-ring (bicyclic) bond motifs is 9. The summed E-state index contributed by atoms with van der Waals surface area (Å²) in [4.78, 5) is 0. The van der Waals surface area contributed by atoms with Crippen LogP contribution in [-0.2, 0) is 0 Å². The molecule has 60 heavy (non-hydrogen) atoms. The van der Waals surface area contributed by atoms with E-state index in [9.17, 15) is 0 Å². The van der Waals surface area contributed by atoms with Crippen molar-refractivity contribution in [3.05, 3.63) is 247 Å². The fourth-order valence-electron chi connectivity index (χ4n) is 10.1. The van der Waals surface area contributed by atoms with Crippen molar-refractivity contribution in [2.75, 3.05) is 0 Å². The molecule has 0 spiro atoms. The molecule has 0 nitrogen and oxygen atoms in total. The van der Waals surface area contributed by atoms with Gasteiger partial charge in [0.25, 0.3) is 0 Å². The van der Waals surface area contributed by atoms with Crippen molar-refractivity contribution in [2.45, 2.75) is 5.92 Å². The van der Waals surface area contributed by atoms with E-state index in [2.05, 4.69) is 231 Å². The highest BCUT2D eigenvalue weighted by Crippen LogP contribution is 2.51. The number of benzene rings is 10. The van der Waals surface area contributed by atoms with E-state index < -0.39 is 0 Å². The van der Waals surface area contributed by atoms with E-state index in [1.165, 1.54) is 110 Å². The number of hydrogen-bond donors (Lipinski definition) is 0. The molecular formula is C60H40. The van der Waals surface area contributed by atoms with Gasteiger partial charge in [0.1, 0.15) is 0 Å². The molecule has 10 aromatic rings. The van der Waals surface area contributed by atoms with Crippen molar-refractivity contribution in [3.8, 4) is 33.4 Å². The van der Waals surface area contributed by atoms with Crippen molar-refractivity contribution < 1.29 is 0 Å². The third-order valence-corrected chi connectivity index (χ3v) is 13.0. The third-order valence-electron chi connectivity index (χ3n) is 13.0. The van der Waals surface area contributed by atoms with E-state index in [4.69, 9.17) is 0 Å². The molecule has 2 aliphatic carbocycles. The normalized spacial score (nSPS) is 15.8. The highest BCUT2D eigenvalue weighted by molar-refractivity contribution is 6.14. The van der Waals surface area contributed by atoms with E-state index >= 15 is 0 Å². The van der Waals surface area contributed by atoms with Gasteiger partial charge >= 0.3 is 0 Å². The minimum atomic E-state index is 0.163. The predicted molar refractivity (Wildman–Crippen MR) is 257 cm³/mol. The lowest BCUT2D eigenvalue weighted by atomic mass is 9.68. The summed E-state index contributed by atoms with van der Waals surface area (Å²) in [6.45, 7) is 0. The number of rotatable bonds is 5. The first-order valence-electron chi connectivity index (χ1n) is 21.1. The molecule has 0 aromatic heterocycles. The van der Waals surface area contributed by atoms with E-state index in [1.807, 2.05) is 0 Å². The molecule has 2 aliphatic rings. The molecule has 0 amide bonds. The molecule has 0 heteroatoms. The largest absolute Gasteiger partial charge is 0.0755 e. The van der Waals surface area contributed by atoms with Crippen LogP contribution < -0.4 is 0 Å².